The van der Waals surface area contributed by atoms with Gasteiger partial charge in [-0.25, -0.2) is 0 Å². The van der Waals surface area contributed by atoms with E-state index in [2.05, 4.69) is 17.1 Å². The van der Waals surface area contributed by atoms with Crippen LogP contribution in [0.3, 0.4) is 0 Å². The first-order valence-corrected chi connectivity index (χ1v) is 8.29. The highest BCUT2D eigenvalue weighted by Gasteiger charge is 2.46. The van der Waals surface area contributed by atoms with Gasteiger partial charge in [-0.2, -0.15) is 0 Å². The van der Waals surface area contributed by atoms with Gasteiger partial charge < -0.3 is 16.0 Å². The quantitative estimate of drug-likeness (QED) is 0.580. The second-order valence-electron chi connectivity index (χ2n) is 6.29. The number of nitrogens with one attached hydrogen (secondary N) is 1. The van der Waals surface area contributed by atoms with E-state index in [0.717, 1.165) is 38.8 Å². The average molecular weight is 297 g/mol. The van der Waals surface area contributed by atoms with E-state index in [9.17, 15) is 4.79 Å². The van der Waals surface area contributed by atoms with E-state index in [0.29, 0.717) is 11.0 Å². The normalized spacial score (nSPS) is 25.8. The molecule has 1 atom stereocenters. The number of carbonyl (C=O) groups is 1. The number of hydrogen-bond donors (Lipinski definition) is 2. The van der Waals surface area contributed by atoms with E-state index in [1.54, 1.807) is 0 Å². The lowest BCUT2D eigenvalue weighted by atomic mass is 9.68. The van der Waals surface area contributed by atoms with E-state index in [-0.39, 0.29) is 5.91 Å². The smallest absolute Gasteiger partial charge is 0.233 e. The minimum Gasteiger partial charge on any atom is -0.392 e. The molecular weight excluding hydrogens is 270 g/mol. The van der Waals surface area contributed by atoms with Crippen LogP contribution in [-0.2, 0) is 4.79 Å². The maximum atomic E-state index is 12.2. The Morgan fingerprint density at radius 1 is 1.40 bits per heavy atom. The largest absolute Gasteiger partial charge is 0.392 e. The van der Waals surface area contributed by atoms with Gasteiger partial charge in [0.1, 0.15) is 0 Å². The summed E-state index contributed by atoms with van der Waals surface area (Å²) in [5.74, 6) is 0.0444. The van der Waals surface area contributed by atoms with Crippen molar-refractivity contribution in [2.75, 3.05) is 19.6 Å². The zero-order chi connectivity index (χ0) is 14.6. The van der Waals surface area contributed by atoms with Crippen LogP contribution in [0.1, 0.15) is 51.9 Å². The third-order valence-electron chi connectivity index (χ3n) is 4.96. The zero-order valence-corrected chi connectivity index (χ0v) is 13.3. The van der Waals surface area contributed by atoms with Crippen molar-refractivity contribution >= 4 is 23.1 Å². The highest BCUT2D eigenvalue weighted by atomic mass is 32.1. The molecule has 20 heavy (non-hydrogen) atoms. The number of thiocarbonyl (C=S) groups is 1. The van der Waals surface area contributed by atoms with Gasteiger partial charge in [0.2, 0.25) is 5.91 Å². The van der Waals surface area contributed by atoms with Crippen LogP contribution < -0.4 is 11.1 Å². The maximum absolute atomic E-state index is 12.2. The highest BCUT2D eigenvalue weighted by molar-refractivity contribution is 7.80. The molecule has 4 nitrogen and oxygen atoms in total. The lowest BCUT2D eigenvalue weighted by Gasteiger charge is -2.39. The van der Waals surface area contributed by atoms with Crippen LogP contribution >= 0.6 is 12.2 Å². The molecule has 2 rings (SSSR count). The minimum absolute atomic E-state index is 0.0444. The van der Waals surface area contributed by atoms with Crippen LogP contribution in [-0.4, -0.2) is 41.5 Å². The molecular formula is C15H27N3OS. The van der Waals surface area contributed by atoms with E-state index in [1.807, 2.05) is 0 Å². The fourth-order valence-electron chi connectivity index (χ4n) is 3.26. The number of carbonyl (C=O) groups excluding carboxylic acids is 1. The molecule has 0 radical (unpaired) electrons. The van der Waals surface area contributed by atoms with Gasteiger partial charge in [-0.05, 0) is 45.6 Å². The summed E-state index contributed by atoms with van der Waals surface area (Å²) < 4.78 is 0. The first-order chi connectivity index (χ1) is 9.56. The number of nitrogens with two attached hydrogens (primary N) is 1. The van der Waals surface area contributed by atoms with Crippen molar-refractivity contribution in [2.45, 2.75) is 57.9 Å². The fraction of sp³-hybridized carbons (Fsp3) is 0.867. The third kappa shape index (κ3) is 3.31. The van der Waals surface area contributed by atoms with Gasteiger partial charge in [-0.1, -0.05) is 25.1 Å². The highest BCUT2D eigenvalue weighted by Crippen LogP contribution is 2.41. The summed E-state index contributed by atoms with van der Waals surface area (Å²) in [6, 6.07) is 0.689. The molecule has 114 valence electrons. The summed E-state index contributed by atoms with van der Waals surface area (Å²) in [6.45, 7) is 5.30. The molecule has 0 aromatic rings. The van der Waals surface area contributed by atoms with Gasteiger partial charge in [-0.15, -0.1) is 0 Å². The summed E-state index contributed by atoms with van der Waals surface area (Å²) in [6.07, 6.45) is 7.65. The Hall–Kier alpha value is -0.680. The van der Waals surface area contributed by atoms with E-state index >= 15 is 0 Å². The summed E-state index contributed by atoms with van der Waals surface area (Å²) in [5.41, 5.74) is 5.20. The predicted octanol–water partition coefficient (Wildman–Crippen LogP) is 1.82. The van der Waals surface area contributed by atoms with Gasteiger partial charge in [0.05, 0.1) is 10.4 Å². The third-order valence-corrected chi connectivity index (χ3v) is 5.35. The topological polar surface area (TPSA) is 58.4 Å². The molecule has 5 heteroatoms. The number of nitrogens with zero attached hydrogens (tertiary/aromatic N) is 1. The van der Waals surface area contributed by atoms with Crippen molar-refractivity contribution in [1.29, 1.82) is 0 Å². The molecule has 1 unspecified atom stereocenters. The molecule has 0 aromatic heterocycles. The lowest BCUT2D eigenvalue weighted by molar-refractivity contribution is -0.130. The summed E-state index contributed by atoms with van der Waals surface area (Å²) in [7, 11) is 0. The standard InChI is InChI=1S/C15H27N3OS/c1-12-6-2-3-10-18(12)11-5-9-17-14(19)15(13(16)20)7-4-8-15/h12H,2-11H2,1H3,(H2,16,20)(H,17,19). The molecule has 1 heterocycles. The van der Waals surface area contributed by atoms with Crippen LogP contribution in [0, 0.1) is 5.41 Å². The number of amides is 1. The minimum atomic E-state index is -0.534. The summed E-state index contributed by atoms with van der Waals surface area (Å²) in [5, 5.41) is 3.03. The van der Waals surface area contributed by atoms with Crippen molar-refractivity contribution in [1.82, 2.24) is 10.2 Å². The fourth-order valence-corrected chi connectivity index (χ4v) is 3.56. The summed E-state index contributed by atoms with van der Waals surface area (Å²) in [4.78, 5) is 15.1. The molecule has 0 aromatic carbocycles. The van der Waals surface area contributed by atoms with Crippen molar-refractivity contribution in [2.24, 2.45) is 11.1 Å². The molecule has 0 bridgehead atoms. The van der Waals surface area contributed by atoms with Gasteiger partial charge in [0.15, 0.2) is 0 Å². The Labute approximate surface area is 127 Å². The Morgan fingerprint density at radius 2 is 2.15 bits per heavy atom. The van der Waals surface area contributed by atoms with E-state index < -0.39 is 5.41 Å². The molecule has 2 fully saturated rings. The van der Waals surface area contributed by atoms with Crippen LogP contribution in [0.25, 0.3) is 0 Å². The van der Waals surface area contributed by atoms with E-state index in [4.69, 9.17) is 18.0 Å². The predicted molar refractivity (Wildman–Crippen MR) is 85.6 cm³/mol. The van der Waals surface area contributed by atoms with Gasteiger partial charge >= 0.3 is 0 Å². The van der Waals surface area contributed by atoms with Crippen LogP contribution in [0.2, 0.25) is 0 Å². The number of hydrogen-bond acceptors (Lipinski definition) is 3. The Bertz CT molecular complexity index is 368. The molecule has 3 N–H and O–H groups in total. The van der Waals surface area contributed by atoms with Gasteiger partial charge in [-0.3, -0.25) is 4.79 Å². The molecule has 1 aliphatic heterocycles. The van der Waals surface area contributed by atoms with Crippen LogP contribution in [0.5, 0.6) is 0 Å². The van der Waals surface area contributed by atoms with Crippen molar-refractivity contribution < 1.29 is 4.79 Å². The van der Waals surface area contributed by atoms with Crippen molar-refractivity contribution in [3.8, 4) is 0 Å². The number of piperidine rings is 1. The maximum Gasteiger partial charge on any atom is 0.233 e. The Kier molecular flexibility index (Phi) is 5.38. The number of rotatable bonds is 6. The van der Waals surface area contributed by atoms with Crippen LogP contribution in [0.15, 0.2) is 0 Å². The van der Waals surface area contributed by atoms with Crippen molar-refractivity contribution in [3.05, 3.63) is 0 Å². The molecule has 1 amide bonds. The molecule has 0 spiro atoms. The van der Waals surface area contributed by atoms with Crippen LogP contribution in [0.4, 0.5) is 0 Å². The molecule has 1 aliphatic carbocycles. The Morgan fingerprint density at radius 3 is 2.70 bits per heavy atom. The molecule has 1 saturated heterocycles. The summed E-state index contributed by atoms with van der Waals surface area (Å²) >= 11 is 5.06. The van der Waals surface area contributed by atoms with Gasteiger partial charge in [0.25, 0.3) is 0 Å². The lowest BCUT2D eigenvalue weighted by Crippen LogP contribution is -2.53. The first-order valence-electron chi connectivity index (χ1n) is 7.88. The SMILES string of the molecule is CC1CCCCN1CCCNC(=O)C1(C(N)=S)CCC1. The monoisotopic (exact) mass is 297 g/mol. The zero-order valence-electron chi connectivity index (χ0n) is 12.5. The number of likely N-dealkylation sites (tertiary alicyclic amines) is 1. The first kappa shape index (κ1) is 15.7. The second kappa shape index (κ2) is 6.85. The average Bonchev–Trinajstić information content (AvgIpc) is 2.34. The van der Waals surface area contributed by atoms with E-state index in [1.165, 1.54) is 25.8 Å². The molecule has 1 saturated carbocycles. The Balaban J connectivity index is 1.68. The second-order valence-corrected chi connectivity index (χ2v) is 6.73. The van der Waals surface area contributed by atoms with Gasteiger partial charge in [0, 0.05) is 19.1 Å². The van der Waals surface area contributed by atoms with Crippen molar-refractivity contribution in [3.63, 3.8) is 0 Å². The molecule has 2 aliphatic rings.